The van der Waals surface area contributed by atoms with E-state index in [9.17, 15) is 13.6 Å². The molecule has 0 N–H and O–H groups in total. The monoisotopic (exact) mass is 479 g/mol. The second-order valence-corrected chi connectivity index (χ2v) is 6.51. The van der Waals surface area contributed by atoms with Crippen molar-refractivity contribution in [3.05, 3.63) is 35.4 Å². The number of carbonyl (C=O) groups is 1. The number of carbonyl (C=O) groups excluding carboxylic acids is 1. The van der Waals surface area contributed by atoms with Crippen molar-refractivity contribution in [2.45, 2.75) is 18.2 Å². The molecule has 0 bridgehead atoms. The summed E-state index contributed by atoms with van der Waals surface area (Å²) in [4.78, 5) is 13.0. The maximum absolute atomic E-state index is 14.3. The minimum absolute atomic E-state index is 0. The molecule has 0 spiro atoms. The van der Waals surface area contributed by atoms with E-state index in [0.29, 0.717) is 12.5 Å². The molecule has 1 aromatic carbocycles. The standard InChI is InChI=1S/C15H15BrF2NO2S.Y/c1-3-19-13(5-4-10(16)15(19)20)14-11(17)6-9(7-12(14)18)21-8-22-2;/h6-7,10H,3-4,8H2,1-2H3;/q-1;. The van der Waals surface area contributed by atoms with Gasteiger partial charge in [-0.2, -0.15) is 0 Å². The predicted molar refractivity (Wildman–Crippen MR) is 86.7 cm³/mol. The van der Waals surface area contributed by atoms with Gasteiger partial charge < -0.3 is 9.64 Å². The van der Waals surface area contributed by atoms with Gasteiger partial charge in [-0.05, 0) is 25.3 Å². The number of allylic oxidation sites excluding steroid dienone is 1. The van der Waals surface area contributed by atoms with Crippen LogP contribution in [-0.4, -0.2) is 34.4 Å². The number of alkyl halides is 1. The van der Waals surface area contributed by atoms with E-state index < -0.39 is 16.5 Å². The molecule has 1 aromatic rings. The normalized spacial score (nSPS) is 17.6. The molecule has 1 radical (unpaired) electrons. The van der Waals surface area contributed by atoms with Gasteiger partial charge in [0.05, 0.1) is 16.5 Å². The topological polar surface area (TPSA) is 29.5 Å². The predicted octanol–water partition coefficient (Wildman–Crippen LogP) is 3.82. The molecule has 1 aliphatic rings. The first-order valence-corrected chi connectivity index (χ1v) is 8.98. The summed E-state index contributed by atoms with van der Waals surface area (Å²) in [5.41, 5.74) is -0.0966. The van der Waals surface area contributed by atoms with Gasteiger partial charge in [0.15, 0.2) is 0 Å². The molecular formula is C15H15BrF2NO2SY-. The zero-order valence-electron chi connectivity index (χ0n) is 12.7. The fraction of sp³-hybridized carbons (Fsp3) is 0.400. The molecule has 1 amide bonds. The van der Waals surface area contributed by atoms with Crippen molar-refractivity contribution in [1.82, 2.24) is 4.90 Å². The zero-order valence-corrected chi connectivity index (χ0v) is 18.0. The largest absolute Gasteiger partial charge is 0.483 e. The molecule has 0 aromatic heterocycles. The number of benzene rings is 1. The SMILES string of the molecule is CCN1C(=O)C(Br)C[C-]=C1c1c(F)cc(OCSC)cc1F.[Y]. The van der Waals surface area contributed by atoms with E-state index >= 15 is 0 Å². The molecule has 3 nitrogen and oxygen atoms in total. The first-order valence-electron chi connectivity index (χ1n) is 6.67. The Balaban J connectivity index is 0.00000264. The summed E-state index contributed by atoms with van der Waals surface area (Å²) in [5.74, 6) is -1.33. The fourth-order valence-corrected chi connectivity index (χ4v) is 2.83. The van der Waals surface area contributed by atoms with E-state index in [1.807, 2.05) is 6.26 Å². The molecule has 0 aliphatic carbocycles. The second kappa shape index (κ2) is 9.49. The van der Waals surface area contributed by atoms with E-state index in [4.69, 9.17) is 4.74 Å². The Labute approximate surface area is 172 Å². The molecule has 0 saturated carbocycles. The van der Waals surface area contributed by atoms with E-state index in [-0.39, 0.29) is 62.0 Å². The van der Waals surface area contributed by atoms with Crippen molar-refractivity contribution in [1.29, 1.82) is 0 Å². The van der Waals surface area contributed by atoms with Crippen LogP contribution in [0.3, 0.4) is 0 Å². The van der Waals surface area contributed by atoms with E-state index in [0.717, 1.165) is 12.1 Å². The minimum Gasteiger partial charge on any atom is -0.483 e. The van der Waals surface area contributed by atoms with Gasteiger partial charge in [0, 0.05) is 39.3 Å². The maximum Gasteiger partial charge on any atom is 0.236 e. The average molecular weight is 480 g/mol. The Morgan fingerprint density at radius 1 is 1.43 bits per heavy atom. The van der Waals surface area contributed by atoms with Crippen molar-refractivity contribution in [3.8, 4) is 5.75 Å². The van der Waals surface area contributed by atoms with Gasteiger partial charge >= 0.3 is 0 Å². The van der Waals surface area contributed by atoms with E-state index in [1.54, 1.807) is 6.92 Å². The molecular weight excluding hydrogens is 465 g/mol. The molecule has 1 aliphatic heterocycles. The van der Waals surface area contributed by atoms with Crippen LogP contribution < -0.4 is 4.74 Å². The first-order chi connectivity index (χ1) is 10.5. The quantitative estimate of drug-likeness (QED) is 0.365. The summed E-state index contributed by atoms with van der Waals surface area (Å²) in [7, 11) is 0. The fourth-order valence-electron chi connectivity index (χ4n) is 2.17. The molecule has 1 unspecified atom stereocenters. The average Bonchev–Trinajstić information content (AvgIpc) is 2.48. The van der Waals surface area contributed by atoms with Gasteiger partial charge in [0.2, 0.25) is 5.91 Å². The Morgan fingerprint density at radius 2 is 2.04 bits per heavy atom. The van der Waals surface area contributed by atoms with E-state index in [2.05, 4.69) is 22.0 Å². The van der Waals surface area contributed by atoms with E-state index in [1.165, 1.54) is 16.7 Å². The third kappa shape index (κ3) is 4.77. The number of hydrogen-bond donors (Lipinski definition) is 0. The van der Waals surface area contributed by atoms with Gasteiger partial charge in [-0.15, -0.1) is 17.5 Å². The van der Waals surface area contributed by atoms with Crippen LogP contribution in [0.2, 0.25) is 0 Å². The molecule has 1 atom stereocenters. The Hall–Kier alpha value is 0.0239. The van der Waals surface area contributed by atoms with Crippen LogP contribution in [0, 0.1) is 17.7 Å². The van der Waals surface area contributed by atoms with Gasteiger partial charge in [-0.3, -0.25) is 4.79 Å². The molecule has 8 heteroatoms. The Bertz CT molecular complexity index is 592. The van der Waals surface area contributed by atoms with Crippen LogP contribution in [0.4, 0.5) is 8.78 Å². The Kier molecular flexibility index (Phi) is 8.69. The number of rotatable bonds is 5. The molecule has 123 valence electrons. The number of ether oxygens (including phenoxy) is 1. The van der Waals surface area contributed by atoms with Crippen molar-refractivity contribution in [3.63, 3.8) is 0 Å². The van der Waals surface area contributed by atoms with Crippen molar-refractivity contribution < 1.29 is 51.0 Å². The number of amides is 1. The van der Waals surface area contributed by atoms with Gasteiger partial charge in [0.1, 0.15) is 11.7 Å². The zero-order chi connectivity index (χ0) is 16.3. The molecule has 1 heterocycles. The summed E-state index contributed by atoms with van der Waals surface area (Å²) in [6.07, 6.45) is 5.01. The summed E-state index contributed by atoms with van der Waals surface area (Å²) < 4.78 is 33.9. The van der Waals surface area contributed by atoms with Gasteiger partial charge in [-0.25, -0.2) is 14.9 Å². The smallest absolute Gasteiger partial charge is 0.236 e. The molecule has 23 heavy (non-hydrogen) atoms. The molecule has 0 fully saturated rings. The van der Waals surface area contributed by atoms with Gasteiger partial charge in [-0.1, -0.05) is 27.9 Å². The summed E-state index contributed by atoms with van der Waals surface area (Å²) in [6.45, 7) is 2.06. The number of nitrogens with zero attached hydrogens (tertiary/aromatic N) is 1. The minimum atomic E-state index is -0.766. The number of halogens is 3. The van der Waals surface area contributed by atoms with Crippen LogP contribution >= 0.6 is 27.7 Å². The first kappa shape index (κ1) is 21.1. The maximum atomic E-state index is 14.3. The van der Waals surface area contributed by atoms with Crippen LogP contribution in [-0.2, 0) is 37.5 Å². The van der Waals surface area contributed by atoms with Gasteiger partial charge in [0.25, 0.3) is 0 Å². The van der Waals surface area contributed by atoms with Crippen LogP contribution in [0.15, 0.2) is 12.1 Å². The Morgan fingerprint density at radius 3 is 2.57 bits per heavy atom. The molecule has 2 rings (SSSR count). The van der Waals surface area contributed by atoms with Crippen molar-refractivity contribution in [2.24, 2.45) is 0 Å². The summed E-state index contributed by atoms with van der Waals surface area (Å²) in [6, 6.07) is 2.25. The third-order valence-corrected chi connectivity index (χ3v) is 4.23. The molecule has 0 saturated heterocycles. The summed E-state index contributed by atoms with van der Waals surface area (Å²) in [5, 5.41) is 0. The van der Waals surface area contributed by atoms with Crippen molar-refractivity contribution in [2.75, 3.05) is 18.7 Å². The number of thioether (sulfide) groups is 1. The van der Waals surface area contributed by atoms with Crippen LogP contribution in [0.1, 0.15) is 18.9 Å². The van der Waals surface area contributed by atoms with Crippen LogP contribution in [0.5, 0.6) is 5.75 Å². The van der Waals surface area contributed by atoms with Crippen molar-refractivity contribution >= 4 is 39.3 Å². The summed E-state index contributed by atoms with van der Waals surface area (Å²) >= 11 is 4.64. The third-order valence-electron chi connectivity index (χ3n) is 3.16. The second-order valence-electron chi connectivity index (χ2n) is 4.59. The number of hydrogen-bond acceptors (Lipinski definition) is 3. The van der Waals surface area contributed by atoms with Crippen LogP contribution in [0.25, 0.3) is 5.70 Å².